The molecule has 0 fully saturated rings. The topological polar surface area (TPSA) is 61.2 Å². The van der Waals surface area contributed by atoms with E-state index < -0.39 is 6.04 Å². The van der Waals surface area contributed by atoms with Gasteiger partial charge >= 0.3 is 5.97 Å². The zero-order valence-corrected chi connectivity index (χ0v) is 17.1. The maximum atomic E-state index is 13.2. The predicted molar refractivity (Wildman–Crippen MR) is 105 cm³/mol. The molecule has 2 heterocycles. The number of rotatable bonds is 5. The molecule has 0 aromatic carbocycles. The van der Waals surface area contributed by atoms with Gasteiger partial charge in [-0.05, 0) is 56.9 Å². The molecule has 0 bridgehead atoms. The molecule has 1 aliphatic carbocycles. The predicted octanol–water partition coefficient (Wildman–Crippen LogP) is 4.04. The Labute approximate surface area is 158 Å². The molecule has 0 saturated heterocycles. The van der Waals surface area contributed by atoms with Crippen molar-refractivity contribution < 1.29 is 9.53 Å². The third-order valence-corrected chi connectivity index (χ3v) is 6.35. The average molecular weight is 377 g/mol. The highest BCUT2D eigenvalue weighted by atomic mass is 32.1. The summed E-state index contributed by atoms with van der Waals surface area (Å²) < 4.78 is 6.88. The van der Waals surface area contributed by atoms with Gasteiger partial charge in [0.2, 0.25) is 0 Å². The van der Waals surface area contributed by atoms with Gasteiger partial charge in [-0.25, -0.2) is 9.78 Å². The van der Waals surface area contributed by atoms with E-state index in [9.17, 15) is 9.59 Å². The SMILES string of the molecule is Cc1nc2sc3c(c2c(=O)n1C(C)C(=O)OCCC(C)C)CCC(C)C3. The van der Waals surface area contributed by atoms with Gasteiger partial charge in [0.15, 0.2) is 0 Å². The quantitative estimate of drug-likeness (QED) is 0.739. The Morgan fingerprint density at radius 3 is 2.81 bits per heavy atom. The van der Waals surface area contributed by atoms with Gasteiger partial charge in [0, 0.05) is 4.88 Å². The van der Waals surface area contributed by atoms with E-state index >= 15 is 0 Å². The third-order valence-electron chi connectivity index (χ3n) is 5.21. The Hall–Kier alpha value is -1.69. The van der Waals surface area contributed by atoms with Gasteiger partial charge in [0.25, 0.3) is 5.56 Å². The minimum Gasteiger partial charge on any atom is -0.464 e. The van der Waals surface area contributed by atoms with E-state index in [-0.39, 0.29) is 11.5 Å². The number of esters is 1. The fraction of sp³-hybridized carbons (Fsp3) is 0.650. The highest BCUT2D eigenvalue weighted by Gasteiger charge is 2.27. The summed E-state index contributed by atoms with van der Waals surface area (Å²) in [5.74, 6) is 1.33. The van der Waals surface area contributed by atoms with E-state index in [2.05, 4.69) is 25.8 Å². The van der Waals surface area contributed by atoms with Crippen LogP contribution >= 0.6 is 11.3 Å². The number of carbonyl (C=O) groups excluding carboxylic acids is 1. The minimum atomic E-state index is -0.662. The fourth-order valence-corrected chi connectivity index (χ4v) is 5.00. The zero-order valence-electron chi connectivity index (χ0n) is 16.3. The Morgan fingerprint density at radius 1 is 1.38 bits per heavy atom. The Morgan fingerprint density at radius 2 is 2.12 bits per heavy atom. The van der Waals surface area contributed by atoms with Crippen molar-refractivity contribution in [3.05, 3.63) is 26.6 Å². The first-order valence-electron chi connectivity index (χ1n) is 9.49. The number of thiophene rings is 1. The van der Waals surface area contributed by atoms with Gasteiger partial charge in [0.1, 0.15) is 16.7 Å². The maximum absolute atomic E-state index is 13.2. The van der Waals surface area contributed by atoms with Crippen LogP contribution in [0.5, 0.6) is 0 Å². The molecule has 142 valence electrons. The molecule has 2 unspecified atom stereocenters. The second kappa shape index (κ2) is 7.51. The number of nitrogens with zero attached hydrogens (tertiary/aromatic N) is 2. The van der Waals surface area contributed by atoms with Crippen LogP contribution in [0.4, 0.5) is 0 Å². The lowest BCUT2D eigenvalue weighted by Gasteiger charge is -2.19. The van der Waals surface area contributed by atoms with Gasteiger partial charge in [-0.15, -0.1) is 11.3 Å². The summed E-state index contributed by atoms with van der Waals surface area (Å²) in [5, 5.41) is 0.712. The first-order chi connectivity index (χ1) is 12.3. The minimum absolute atomic E-state index is 0.104. The molecule has 2 aromatic rings. The van der Waals surface area contributed by atoms with Gasteiger partial charge in [0.05, 0.1) is 12.0 Å². The van der Waals surface area contributed by atoms with Crippen molar-refractivity contribution in [1.29, 1.82) is 0 Å². The van der Waals surface area contributed by atoms with Crippen molar-refractivity contribution in [2.24, 2.45) is 11.8 Å². The van der Waals surface area contributed by atoms with E-state index in [1.807, 2.05) is 0 Å². The number of ether oxygens (including phenoxy) is 1. The Bertz CT molecular complexity index is 881. The van der Waals surface area contributed by atoms with Crippen molar-refractivity contribution in [2.45, 2.75) is 66.3 Å². The van der Waals surface area contributed by atoms with E-state index in [0.29, 0.717) is 29.7 Å². The molecular formula is C20H28N2O3S. The van der Waals surface area contributed by atoms with Crippen LogP contribution in [-0.2, 0) is 22.4 Å². The molecule has 2 atom stereocenters. The second-order valence-electron chi connectivity index (χ2n) is 7.89. The van der Waals surface area contributed by atoms with Crippen molar-refractivity contribution in [1.82, 2.24) is 9.55 Å². The number of fused-ring (bicyclic) bond motifs is 3. The summed E-state index contributed by atoms with van der Waals surface area (Å²) in [6.07, 6.45) is 3.85. The van der Waals surface area contributed by atoms with Crippen LogP contribution in [0, 0.1) is 18.8 Å². The molecule has 3 rings (SSSR count). The van der Waals surface area contributed by atoms with Crippen molar-refractivity contribution in [2.75, 3.05) is 6.61 Å². The van der Waals surface area contributed by atoms with Crippen molar-refractivity contribution >= 4 is 27.5 Å². The lowest BCUT2D eigenvalue weighted by Crippen LogP contribution is -2.32. The summed E-state index contributed by atoms with van der Waals surface area (Å²) in [6.45, 7) is 10.3. The molecule has 26 heavy (non-hydrogen) atoms. The van der Waals surface area contributed by atoms with E-state index in [0.717, 1.165) is 36.1 Å². The number of hydrogen-bond acceptors (Lipinski definition) is 5. The van der Waals surface area contributed by atoms with Crippen LogP contribution in [-0.4, -0.2) is 22.1 Å². The van der Waals surface area contributed by atoms with Crippen LogP contribution < -0.4 is 5.56 Å². The molecular weight excluding hydrogens is 348 g/mol. The lowest BCUT2D eigenvalue weighted by molar-refractivity contribution is -0.147. The molecule has 6 heteroatoms. The van der Waals surface area contributed by atoms with Crippen LogP contribution in [0.25, 0.3) is 10.2 Å². The monoisotopic (exact) mass is 376 g/mol. The summed E-state index contributed by atoms with van der Waals surface area (Å²) in [5.41, 5.74) is 1.04. The maximum Gasteiger partial charge on any atom is 0.329 e. The smallest absolute Gasteiger partial charge is 0.329 e. The van der Waals surface area contributed by atoms with Crippen LogP contribution in [0.15, 0.2) is 4.79 Å². The number of hydrogen-bond donors (Lipinski definition) is 0. The largest absolute Gasteiger partial charge is 0.464 e. The number of aryl methyl sites for hydroxylation is 2. The summed E-state index contributed by atoms with van der Waals surface area (Å²) in [4.78, 5) is 32.4. The zero-order chi connectivity index (χ0) is 19.0. The molecule has 0 N–H and O–H groups in total. The molecule has 0 spiro atoms. The highest BCUT2D eigenvalue weighted by molar-refractivity contribution is 7.18. The van der Waals surface area contributed by atoms with E-state index in [4.69, 9.17) is 4.74 Å². The number of carbonyl (C=O) groups is 1. The van der Waals surface area contributed by atoms with E-state index in [1.165, 1.54) is 9.44 Å². The molecule has 2 aromatic heterocycles. The van der Waals surface area contributed by atoms with E-state index in [1.54, 1.807) is 25.2 Å². The third kappa shape index (κ3) is 3.56. The summed E-state index contributed by atoms with van der Waals surface area (Å²) in [7, 11) is 0. The fourth-order valence-electron chi connectivity index (χ4n) is 3.58. The molecule has 0 aliphatic heterocycles. The normalized spacial score (nSPS) is 18.2. The Kier molecular flexibility index (Phi) is 5.51. The molecule has 0 saturated carbocycles. The Balaban J connectivity index is 1.96. The van der Waals surface area contributed by atoms with Gasteiger partial charge in [-0.3, -0.25) is 9.36 Å². The molecule has 1 aliphatic rings. The summed E-state index contributed by atoms with van der Waals surface area (Å²) >= 11 is 1.64. The lowest BCUT2D eigenvalue weighted by atomic mass is 9.89. The van der Waals surface area contributed by atoms with Crippen LogP contribution in [0.3, 0.4) is 0 Å². The van der Waals surface area contributed by atoms with Gasteiger partial charge in [-0.1, -0.05) is 20.8 Å². The van der Waals surface area contributed by atoms with Crippen LogP contribution in [0.1, 0.15) is 62.8 Å². The molecule has 0 amide bonds. The number of aromatic nitrogens is 2. The highest BCUT2D eigenvalue weighted by Crippen LogP contribution is 2.36. The summed E-state index contributed by atoms with van der Waals surface area (Å²) in [6, 6.07) is -0.662. The van der Waals surface area contributed by atoms with Crippen molar-refractivity contribution in [3.8, 4) is 0 Å². The van der Waals surface area contributed by atoms with Gasteiger partial charge < -0.3 is 4.74 Å². The standard InChI is InChI=1S/C20H28N2O3S/c1-11(2)8-9-25-20(24)13(4)22-14(5)21-18-17(19(22)23)15-7-6-12(3)10-16(15)26-18/h11-13H,6-10H2,1-5H3. The average Bonchev–Trinajstić information content (AvgIpc) is 2.91. The molecule has 0 radical (unpaired) electrons. The van der Waals surface area contributed by atoms with Crippen LogP contribution in [0.2, 0.25) is 0 Å². The van der Waals surface area contributed by atoms with Gasteiger partial charge in [-0.2, -0.15) is 0 Å². The van der Waals surface area contributed by atoms with Crippen molar-refractivity contribution in [3.63, 3.8) is 0 Å². The molecule has 5 nitrogen and oxygen atoms in total. The first-order valence-corrected chi connectivity index (χ1v) is 10.3. The first kappa shape index (κ1) is 19.1. The second-order valence-corrected chi connectivity index (χ2v) is 8.98.